The Labute approximate surface area is 127 Å². The molecule has 0 unspecified atom stereocenters. The fourth-order valence-corrected chi connectivity index (χ4v) is 2.93. The molecule has 102 valence electrons. The Morgan fingerprint density at radius 2 is 2.05 bits per heavy atom. The second kappa shape index (κ2) is 6.25. The summed E-state index contributed by atoms with van der Waals surface area (Å²) in [7, 11) is 0. The number of aromatic nitrogens is 1. The molecule has 4 heteroatoms. The Morgan fingerprint density at radius 3 is 2.85 bits per heavy atom. The molecule has 0 radical (unpaired) electrons. The van der Waals surface area contributed by atoms with Crippen LogP contribution in [0.4, 0.5) is 0 Å². The van der Waals surface area contributed by atoms with Crippen LogP contribution in [0.15, 0.2) is 47.8 Å². The second-order valence-electron chi connectivity index (χ2n) is 4.45. The first-order valence-electron chi connectivity index (χ1n) is 6.46. The number of halogens is 1. The lowest BCUT2D eigenvalue weighted by Crippen LogP contribution is -2.03. The van der Waals surface area contributed by atoms with Gasteiger partial charge in [-0.05, 0) is 29.0 Å². The zero-order valence-electron chi connectivity index (χ0n) is 10.9. The highest BCUT2D eigenvalue weighted by Crippen LogP contribution is 2.25. The molecule has 0 saturated carbocycles. The monoisotopic (exact) mass is 303 g/mol. The molecular formula is C16H14ClNOS. The van der Waals surface area contributed by atoms with Crippen LogP contribution in [0.3, 0.4) is 0 Å². The summed E-state index contributed by atoms with van der Waals surface area (Å²) in [6, 6.07) is 14.3. The molecule has 2 nitrogen and oxygen atoms in total. The number of nitrogens with zero attached hydrogens (tertiary/aromatic N) is 1. The van der Waals surface area contributed by atoms with Gasteiger partial charge < -0.3 is 4.74 Å². The van der Waals surface area contributed by atoms with E-state index in [9.17, 15) is 0 Å². The van der Waals surface area contributed by atoms with Gasteiger partial charge >= 0.3 is 0 Å². The van der Waals surface area contributed by atoms with Gasteiger partial charge in [0.25, 0.3) is 0 Å². The Hall–Kier alpha value is -1.58. The SMILES string of the molecule is ClCc1cc2ccccc2c(OCCc2cccs2)n1. The lowest BCUT2D eigenvalue weighted by atomic mass is 10.1. The molecule has 0 aliphatic carbocycles. The summed E-state index contributed by atoms with van der Waals surface area (Å²) in [5, 5.41) is 4.23. The summed E-state index contributed by atoms with van der Waals surface area (Å²) in [5.41, 5.74) is 0.844. The molecule has 0 saturated heterocycles. The maximum Gasteiger partial charge on any atom is 0.221 e. The standard InChI is InChI=1S/C16H14ClNOS/c17-11-13-10-12-4-1-2-6-15(12)16(18-13)19-8-7-14-5-3-9-20-14/h1-6,9-10H,7-8,11H2. The first-order chi connectivity index (χ1) is 9.86. The number of hydrogen-bond donors (Lipinski definition) is 0. The lowest BCUT2D eigenvalue weighted by molar-refractivity contribution is 0.314. The van der Waals surface area contributed by atoms with Gasteiger partial charge in [-0.3, -0.25) is 0 Å². The molecule has 0 N–H and O–H groups in total. The maximum atomic E-state index is 5.90. The van der Waals surface area contributed by atoms with E-state index < -0.39 is 0 Å². The third kappa shape index (κ3) is 2.94. The van der Waals surface area contributed by atoms with E-state index >= 15 is 0 Å². The van der Waals surface area contributed by atoms with Crippen LogP contribution in [-0.4, -0.2) is 11.6 Å². The minimum absolute atomic E-state index is 0.395. The van der Waals surface area contributed by atoms with E-state index in [4.69, 9.17) is 16.3 Å². The molecule has 3 rings (SSSR count). The van der Waals surface area contributed by atoms with Gasteiger partial charge in [0.1, 0.15) is 0 Å². The van der Waals surface area contributed by atoms with Crippen molar-refractivity contribution in [3.8, 4) is 5.88 Å². The van der Waals surface area contributed by atoms with E-state index in [0.29, 0.717) is 18.4 Å². The van der Waals surface area contributed by atoms with E-state index in [0.717, 1.165) is 22.9 Å². The third-order valence-corrected chi connectivity index (χ3v) is 4.27. The first-order valence-corrected chi connectivity index (χ1v) is 7.88. The van der Waals surface area contributed by atoms with E-state index in [1.807, 2.05) is 24.3 Å². The van der Waals surface area contributed by atoms with Gasteiger partial charge in [0.05, 0.1) is 18.2 Å². The summed E-state index contributed by atoms with van der Waals surface area (Å²) in [6.07, 6.45) is 0.902. The average Bonchev–Trinajstić information content (AvgIpc) is 3.00. The summed E-state index contributed by atoms with van der Waals surface area (Å²) >= 11 is 7.65. The van der Waals surface area contributed by atoms with Crippen molar-refractivity contribution in [2.75, 3.05) is 6.61 Å². The molecule has 3 aromatic rings. The van der Waals surface area contributed by atoms with Crippen LogP contribution in [0.25, 0.3) is 10.8 Å². The number of pyridine rings is 1. The van der Waals surface area contributed by atoms with E-state index in [2.05, 4.69) is 28.6 Å². The summed E-state index contributed by atoms with van der Waals surface area (Å²) in [6.45, 7) is 0.628. The van der Waals surface area contributed by atoms with Crippen LogP contribution in [0.1, 0.15) is 10.6 Å². The molecule has 0 fully saturated rings. The molecule has 2 heterocycles. The van der Waals surface area contributed by atoms with Crippen molar-refractivity contribution in [1.29, 1.82) is 0 Å². The number of rotatable bonds is 5. The van der Waals surface area contributed by atoms with Crippen molar-refractivity contribution in [2.45, 2.75) is 12.3 Å². The maximum absolute atomic E-state index is 5.90. The smallest absolute Gasteiger partial charge is 0.221 e. The number of ether oxygens (including phenoxy) is 1. The van der Waals surface area contributed by atoms with Crippen molar-refractivity contribution in [1.82, 2.24) is 4.98 Å². The molecular weight excluding hydrogens is 290 g/mol. The van der Waals surface area contributed by atoms with Gasteiger partial charge in [-0.25, -0.2) is 4.98 Å². The Bertz CT molecular complexity index is 697. The number of alkyl halides is 1. The van der Waals surface area contributed by atoms with Crippen LogP contribution in [0.5, 0.6) is 5.88 Å². The van der Waals surface area contributed by atoms with Crippen molar-refractivity contribution in [3.05, 3.63) is 58.4 Å². The highest BCUT2D eigenvalue weighted by atomic mass is 35.5. The lowest BCUT2D eigenvalue weighted by Gasteiger charge is -2.09. The molecule has 1 aromatic carbocycles. The number of fused-ring (bicyclic) bond motifs is 1. The van der Waals surface area contributed by atoms with Crippen LogP contribution in [-0.2, 0) is 12.3 Å². The zero-order valence-corrected chi connectivity index (χ0v) is 12.5. The minimum Gasteiger partial charge on any atom is -0.477 e. The molecule has 0 atom stereocenters. The van der Waals surface area contributed by atoms with Gasteiger partial charge in [0, 0.05) is 16.7 Å². The quantitative estimate of drug-likeness (QED) is 0.640. The van der Waals surface area contributed by atoms with Gasteiger partial charge in [-0.15, -0.1) is 22.9 Å². The van der Waals surface area contributed by atoms with Gasteiger partial charge in [0.2, 0.25) is 5.88 Å². The zero-order chi connectivity index (χ0) is 13.8. The summed E-state index contributed by atoms with van der Waals surface area (Å²) < 4.78 is 5.87. The third-order valence-electron chi connectivity index (χ3n) is 3.06. The van der Waals surface area contributed by atoms with Crippen molar-refractivity contribution >= 4 is 33.7 Å². The van der Waals surface area contributed by atoms with Crippen LogP contribution in [0.2, 0.25) is 0 Å². The Kier molecular flexibility index (Phi) is 4.19. The molecule has 0 aliphatic heterocycles. The molecule has 20 heavy (non-hydrogen) atoms. The Balaban J connectivity index is 1.82. The Morgan fingerprint density at radius 1 is 1.15 bits per heavy atom. The summed E-state index contributed by atoms with van der Waals surface area (Å²) in [4.78, 5) is 5.81. The average molecular weight is 304 g/mol. The van der Waals surface area contributed by atoms with Crippen molar-refractivity contribution in [3.63, 3.8) is 0 Å². The van der Waals surface area contributed by atoms with Crippen molar-refractivity contribution < 1.29 is 4.74 Å². The fraction of sp³-hybridized carbons (Fsp3) is 0.188. The highest BCUT2D eigenvalue weighted by Gasteiger charge is 2.06. The first kappa shape index (κ1) is 13.4. The van der Waals surface area contributed by atoms with Crippen molar-refractivity contribution in [2.24, 2.45) is 0 Å². The number of hydrogen-bond acceptors (Lipinski definition) is 3. The van der Waals surface area contributed by atoms with Gasteiger partial charge in [0.15, 0.2) is 0 Å². The van der Waals surface area contributed by atoms with Gasteiger partial charge in [-0.1, -0.05) is 24.3 Å². The topological polar surface area (TPSA) is 22.1 Å². The molecule has 0 spiro atoms. The molecule has 0 amide bonds. The molecule has 2 aromatic heterocycles. The predicted molar refractivity (Wildman–Crippen MR) is 84.8 cm³/mol. The van der Waals surface area contributed by atoms with E-state index in [1.165, 1.54) is 4.88 Å². The number of benzene rings is 1. The molecule has 0 aliphatic rings. The summed E-state index contributed by atoms with van der Waals surface area (Å²) in [5.74, 6) is 1.07. The van der Waals surface area contributed by atoms with Crippen LogP contribution >= 0.6 is 22.9 Å². The fourth-order valence-electron chi connectivity index (χ4n) is 2.10. The minimum atomic E-state index is 0.395. The van der Waals surface area contributed by atoms with Gasteiger partial charge in [-0.2, -0.15) is 0 Å². The van der Waals surface area contributed by atoms with E-state index in [-0.39, 0.29) is 0 Å². The normalized spacial score (nSPS) is 10.8. The highest BCUT2D eigenvalue weighted by molar-refractivity contribution is 7.09. The predicted octanol–water partition coefficient (Wildman–Crippen LogP) is 4.66. The van der Waals surface area contributed by atoms with E-state index in [1.54, 1.807) is 11.3 Å². The number of thiophene rings is 1. The van der Waals surface area contributed by atoms with Crippen LogP contribution in [0, 0.1) is 0 Å². The largest absolute Gasteiger partial charge is 0.477 e. The van der Waals surface area contributed by atoms with Crippen LogP contribution < -0.4 is 4.74 Å². The second-order valence-corrected chi connectivity index (χ2v) is 5.75. The molecule has 0 bridgehead atoms.